The van der Waals surface area contributed by atoms with Crippen molar-refractivity contribution in [2.75, 3.05) is 6.61 Å². The number of rotatable bonds is 9. The lowest BCUT2D eigenvalue weighted by atomic mass is 10.2. The number of nitrogens with zero attached hydrogens (tertiary/aromatic N) is 3. The van der Waals surface area contributed by atoms with Crippen LogP contribution in [0.25, 0.3) is 11.0 Å². The average Bonchev–Trinajstić information content (AvgIpc) is 3.15. The summed E-state index contributed by atoms with van der Waals surface area (Å²) in [6.07, 6.45) is 3.50. The van der Waals surface area contributed by atoms with Gasteiger partial charge in [0.25, 0.3) is 5.91 Å². The molecule has 4 rings (SSSR count). The third kappa shape index (κ3) is 5.28. The van der Waals surface area contributed by atoms with Crippen molar-refractivity contribution >= 4 is 16.9 Å². The van der Waals surface area contributed by atoms with Crippen molar-refractivity contribution in [3.8, 4) is 5.75 Å². The molecule has 0 unspecified atom stereocenters. The Kier molecular flexibility index (Phi) is 6.57. The van der Waals surface area contributed by atoms with Crippen LogP contribution in [0.5, 0.6) is 5.75 Å². The van der Waals surface area contributed by atoms with Crippen molar-refractivity contribution < 1.29 is 9.53 Å². The van der Waals surface area contributed by atoms with Crippen LogP contribution in [0.1, 0.15) is 34.7 Å². The van der Waals surface area contributed by atoms with Crippen molar-refractivity contribution in [3.05, 3.63) is 90.0 Å². The summed E-state index contributed by atoms with van der Waals surface area (Å²) in [5.41, 5.74) is 3.60. The molecule has 6 nitrogen and oxygen atoms in total. The van der Waals surface area contributed by atoms with Gasteiger partial charge in [-0.05, 0) is 61.7 Å². The van der Waals surface area contributed by atoms with E-state index < -0.39 is 0 Å². The summed E-state index contributed by atoms with van der Waals surface area (Å²) < 4.78 is 8.04. The van der Waals surface area contributed by atoms with E-state index in [1.165, 1.54) is 5.56 Å². The fraction of sp³-hybridized carbons (Fsp3) is 0.240. The van der Waals surface area contributed by atoms with Crippen LogP contribution in [0, 0.1) is 6.92 Å². The molecule has 2 aromatic carbocycles. The first-order valence-electron chi connectivity index (χ1n) is 10.5. The summed E-state index contributed by atoms with van der Waals surface area (Å²) in [5.74, 6) is 1.54. The highest BCUT2D eigenvalue weighted by Gasteiger charge is 2.12. The molecule has 0 saturated carbocycles. The van der Waals surface area contributed by atoms with Gasteiger partial charge in [-0.25, -0.2) is 4.98 Å². The minimum absolute atomic E-state index is 0.203. The monoisotopic (exact) mass is 414 g/mol. The molecule has 158 valence electrons. The minimum Gasteiger partial charge on any atom is -0.494 e. The fourth-order valence-corrected chi connectivity index (χ4v) is 3.52. The number of ether oxygens (including phenoxy) is 1. The van der Waals surface area contributed by atoms with Gasteiger partial charge in [-0.2, -0.15) is 0 Å². The zero-order valence-corrected chi connectivity index (χ0v) is 17.6. The molecule has 0 spiro atoms. The largest absolute Gasteiger partial charge is 0.494 e. The number of amides is 1. The molecule has 0 aliphatic heterocycles. The molecule has 1 amide bonds. The van der Waals surface area contributed by atoms with Gasteiger partial charge in [-0.15, -0.1) is 0 Å². The maximum atomic E-state index is 12.4. The van der Waals surface area contributed by atoms with Crippen LogP contribution in [0.3, 0.4) is 0 Å². The highest BCUT2D eigenvalue weighted by Crippen LogP contribution is 2.18. The molecule has 31 heavy (non-hydrogen) atoms. The standard InChI is InChI=1S/C25H26N4O2/c1-19-9-8-10-20(17-19)31-16-7-6-15-29-23-13-3-2-11-21(23)28-24(29)18-27-25(30)22-12-4-5-14-26-22/h2-5,8-14,17H,6-7,15-16,18H2,1H3,(H,27,30). The number of hydrogen-bond donors (Lipinski definition) is 1. The van der Waals surface area contributed by atoms with Crippen molar-refractivity contribution in [2.45, 2.75) is 32.9 Å². The Labute approximate surface area is 181 Å². The SMILES string of the molecule is Cc1cccc(OCCCCn2c(CNC(=O)c3ccccn3)nc3ccccc32)c1. The van der Waals surface area contributed by atoms with Gasteiger partial charge in [0.1, 0.15) is 17.3 Å². The predicted octanol–water partition coefficient (Wildman–Crippen LogP) is 4.53. The molecule has 0 aliphatic carbocycles. The first-order valence-corrected chi connectivity index (χ1v) is 10.5. The van der Waals surface area contributed by atoms with Crippen molar-refractivity contribution in [2.24, 2.45) is 0 Å². The molecule has 0 atom stereocenters. The third-order valence-corrected chi connectivity index (χ3v) is 5.07. The van der Waals surface area contributed by atoms with Crippen LogP contribution in [0.4, 0.5) is 0 Å². The first kappa shape index (κ1) is 20.6. The fourth-order valence-electron chi connectivity index (χ4n) is 3.52. The topological polar surface area (TPSA) is 69.0 Å². The van der Waals surface area contributed by atoms with Crippen LogP contribution < -0.4 is 10.1 Å². The van der Waals surface area contributed by atoms with Gasteiger partial charge in [-0.3, -0.25) is 9.78 Å². The number of unbranched alkanes of at least 4 members (excludes halogenated alkanes) is 1. The van der Waals surface area contributed by atoms with Crippen molar-refractivity contribution in [3.63, 3.8) is 0 Å². The third-order valence-electron chi connectivity index (χ3n) is 5.07. The van der Waals surface area contributed by atoms with Gasteiger partial charge in [0.15, 0.2) is 0 Å². The second-order valence-electron chi connectivity index (χ2n) is 7.44. The number of fused-ring (bicyclic) bond motifs is 1. The van der Waals surface area contributed by atoms with E-state index in [2.05, 4.69) is 33.9 Å². The average molecular weight is 415 g/mol. The Morgan fingerprint density at radius 2 is 1.90 bits per heavy atom. The summed E-state index contributed by atoms with van der Waals surface area (Å²) >= 11 is 0. The second-order valence-corrected chi connectivity index (χ2v) is 7.44. The van der Waals surface area contributed by atoms with E-state index in [1.807, 2.05) is 36.4 Å². The Hall–Kier alpha value is -3.67. The van der Waals surface area contributed by atoms with E-state index in [1.54, 1.807) is 24.4 Å². The number of benzene rings is 2. The molecule has 0 fully saturated rings. The normalized spacial score (nSPS) is 10.9. The summed E-state index contributed by atoms with van der Waals surface area (Å²) in [5, 5.41) is 2.94. The maximum absolute atomic E-state index is 12.4. The number of carbonyl (C=O) groups excluding carboxylic acids is 1. The van der Waals surface area contributed by atoms with E-state index in [9.17, 15) is 4.79 Å². The Morgan fingerprint density at radius 1 is 1.03 bits per heavy atom. The Morgan fingerprint density at radius 3 is 2.74 bits per heavy atom. The molecule has 0 saturated heterocycles. The quantitative estimate of drug-likeness (QED) is 0.409. The van der Waals surface area contributed by atoms with Gasteiger partial charge in [0, 0.05) is 12.7 Å². The zero-order chi connectivity index (χ0) is 21.5. The predicted molar refractivity (Wildman–Crippen MR) is 121 cm³/mol. The lowest BCUT2D eigenvalue weighted by Gasteiger charge is -2.11. The minimum atomic E-state index is -0.203. The molecule has 0 radical (unpaired) electrons. The van der Waals surface area contributed by atoms with Crippen LogP contribution in [0.2, 0.25) is 0 Å². The summed E-state index contributed by atoms with van der Waals surface area (Å²) in [6, 6.07) is 21.4. The van der Waals surface area contributed by atoms with Gasteiger partial charge < -0.3 is 14.6 Å². The summed E-state index contributed by atoms with van der Waals surface area (Å²) in [6.45, 7) is 3.89. The lowest BCUT2D eigenvalue weighted by molar-refractivity contribution is 0.0944. The molecular formula is C25H26N4O2. The lowest BCUT2D eigenvalue weighted by Crippen LogP contribution is -2.25. The number of hydrogen-bond acceptors (Lipinski definition) is 4. The number of aromatic nitrogens is 3. The maximum Gasteiger partial charge on any atom is 0.270 e. The highest BCUT2D eigenvalue weighted by molar-refractivity contribution is 5.92. The Balaban J connectivity index is 1.37. The highest BCUT2D eigenvalue weighted by atomic mass is 16.5. The van der Waals surface area contributed by atoms with E-state index in [4.69, 9.17) is 9.72 Å². The number of aryl methyl sites for hydroxylation is 2. The molecule has 2 aromatic heterocycles. The van der Waals surface area contributed by atoms with E-state index >= 15 is 0 Å². The molecule has 4 aromatic rings. The molecule has 0 aliphatic rings. The van der Waals surface area contributed by atoms with Crippen LogP contribution in [-0.4, -0.2) is 27.0 Å². The summed E-state index contributed by atoms with van der Waals surface area (Å²) in [4.78, 5) is 21.2. The van der Waals surface area contributed by atoms with Gasteiger partial charge in [-0.1, -0.05) is 30.3 Å². The Bertz CT molecular complexity index is 1150. The molecular weight excluding hydrogens is 388 g/mol. The van der Waals surface area contributed by atoms with Gasteiger partial charge in [0.05, 0.1) is 24.2 Å². The second kappa shape index (κ2) is 9.89. The zero-order valence-electron chi connectivity index (χ0n) is 17.6. The van der Waals surface area contributed by atoms with Gasteiger partial charge >= 0.3 is 0 Å². The summed E-state index contributed by atoms with van der Waals surface area (Å²) in [7, 11) is 0. The smallest absolute Gasteiger partial charge is 0.270 e. The molecule has 2 heterocycles. The van der Waals surface area contributed by atoms with Gasteiger partial charge in [0.2, 0.25) is 0 Å². The number of para-hydroxylation sites is 2. The van der Waals surface area contributed by atoms with Crippen molar-refractivity contribution in [1.82, 2.24) is 19.9 Å². The van der Waals surface area contributed by atoms with Crippen LogP contribution in [-0.2, 0) is 13.1 Å². The number of carbonyl (C=O) groups is 1. The van der Waals surface area contributed by atoms with Crippen LogP contribution >= 0.6 is 0 Å². The first-order chi connectivity index (χ1) is 15.2. The van der Waals surface area contributed by atoms with E-state index in [0.29, 0.717) is 18.8 Å². The molecule has 6 heteroatoms. The molecule has 1 N–H and O–H groups in total. The van der Waals surface area contributed by atoms with E-state index in [-0.39, 0.29) is 5.91 Å². The number of nitrogens with one attached hydrogen (secondary N) is 1. The van der Waals surface area contributed by atoms with E-state index in [0.717, 1.165) is 42.0 Å². The number of pyridine rings is 1. The molecule has 0 bridgehead atoms. The number of imidazole rings is 1. The van der Waals surface area contributed by atoms with Crippen molar-refractivity contribution in [1.29, 1.82) is 0 Å². The van der Waals surface area contributed by atoms with Crippen LogP contribution in [0.15, 0.2) is 72.9 Å².